The smallest absolute Gasteiger partial charge is 0.124 e. The van der Waals surface area contributed by atoms with Gasteiger partial charge in [-0.25, -0.2) is 4.39 Å². The molecule has 0 radical (unpaired) electrons. The normalized spacial score (nSPS) is 18.7. The fourth-order valence-electron chi connectivity index (χ4n) is 2.45. The quantitative estimate of drug-likeness (QED) is 0.907. The minimum absolute atomic E-state index is 0.153. The van der Waals surface area contributed by atoms with Crippen LogP contribution >= 0.6 is 0 Å². The van der Waals surface area contributed by atoms with Crippen LogP contribution in [0.25, 0.3) is 0 Å². The molecule has 98 valence electrons. The van der Waals surface area contributed by atoms with E-state index in [1.165, 1.54) is 17.7 Å². The van der Waals surface area contributed by atoms with E-state index in [2.05, 4.69) is 18.3 Å². The van der Waals surface area contributed by atoms with Crippen molar-refractivity contribution in [3.8, 4) is 5.75 Å². The predicted octanol–water partition coefficient (Wildman–Crippen LogP) is 3.61. The zero-order valence-corrected chi connectivity index (χ0v) is 10.8. The van der Waals surface area contributed by atoms with E-state index in [4.69, 9.17) is 4.74 Å². The fraction of sp³-hybridized carbons (Fsp3) is 0.250. The highest BCUT2D eigenvalue weighted by Gasteiger charge is 2.24. The van der Waals surface area contributed by atoms with Gasteiger partial charge >= 0.3 is 0 Å². The highest BCUT2D eigenvalue weighted by molar-refractivity contribution is 5.39. The van der Waals surface area contributed by atoms with E-state index in [1.54, 1.807) is 0 Å². The maximum Gasteiger partial charge on any atom is 0.124 e. The molecule has 2 aromatic carbocycles. The van der Waals surface area contributed by atoms with Gasteiger partial charge in [-0.1, -0.05) is 30.3 Å². The van der Waals surface area contributed by atoms with Crippen molar-refractivity contribution >= 4 is 0 Å². The maximum absolute atomic E-state index is 12.9. The van der Waals surface area contributed by atoms with Crippen LogP contribution in [0.1, 0.15) is 30.1 Å². The summed E-state index contributed by atoms with van der Waals surface area (Å²) in [5.41, 5.74) is 2.27. The van der Waals surface area contributed by atoms with Crippen LogP contribution in [0.15, 0.2) is 48.5 Å². The Morgan fingerprint density at radius 1 is 1.16 bits per heavy atom. The van der Waals surface area contributed by atoms with Crippen molar-refractivity contribution in [1.82, 2.24) is 5.32 Å². The number of fused-ring (bicyclic) bond motifs is 1. The van der Waals surface area contributed by atoms with Crippen molar-refractivity contribution < 1.29 is 9.13 Å². The van der Waals surface area contributed by atoms with Crippen LogP contribution in [0, 0.1) is 5.82 Å². The summed E-state index contributed by atoms with van der Waals surface area (Å²) in [6.07, 6.45) is 0. The summed E-state index contributed by atoms with van der Waals surface area (Å²) >= 11 is 0. The molecule has 0 saturated heterocycles. The van der Waals surface area contributed by atoms with Gasteiger partial charge in [0.25, 0.3) is 0 Å². The highest BCUT2D eigenvalue weighted by Crippen LogP contribution is 2.33. The molecule has 3 heteroatoms. The molecule has 0 aromatic heterocycles. The Morgan fingerprint density at radius 2 is 1.89 bits per heavy atom. The van der Waals surface area contributed by atoms with Crippen molar-refractivity contribution in [1.29, 1.82) is 0 Å². The second-order valence-electron chi connectivity index (χ2n) is 4.84. The number of halogens is 1. The van der Waals surface area contributed by atoms with E-state index >= 15 is 0 Å². The first-order valence-electron chi connectivity index (χ1n) is 6.47. The number of hydrogen-bond donors (Lipinski definition) is 1. The molecule has 2 aromatic rings. The monoisotopic (exact) mass is 257 g/mol. The Kier molecular flexibility index (Phi) is 3.22. The third-order valence-electron chi connectivity index (χ3n) is 3.52. The zero-order chi connectivity index (χ0) is 13.2. The van der Waals surface area contributed by atoms with E-state index in [-0.39, 0.29) is 17.9 Å². The SMILES string of the molecule is CC(NC1COc2ccccc21)c1ccc(F)cc1. The van der Waals surface area contributed by atoms with Gasteiger partial charge in [0.2, 0.25) is 0 Å². The third kappa shape index (κ3) is 2.47. The van der Waals surface area contributed by atoms with Crippen molar-refractivity contribution in [3.05, 3.63) is 65.5 Å². The second-order valence-corrected chi connectivity index (χ2v) is 4.84. The molecular formula is C16H16FNO. The lowest BCUT2D eigenvalue weighted by Crippen LogP contribution is -2.25. The molecule has 2 unspecified atom stereocenters. The number of nitrogens with one attached hydrogen (secondary N) is 1. The van der Waals surface area contributed by atoms with Gasteiger partial charge in [0.1, 0.15) is 18.2 Å². The lowest BCUT2D eigenvalue weighted by Gasteiger charge is -2.19. The molecule has 2 atom stereocenters. The number of benzene rings is 2. The van der Waals surface area contributed by atoms with Gasteiger partial charge in [-0.15, -0.1) is 0 Å². The molecule has 0 fully saturated rings. The van der Waals surface area contributed by atoms with Crippen molar-refractivity contribution in [3.63, 3.8) is 0 Å². The highest BCUT2D eigenvalue weighted by atomic mass is 19.1. The molecule has 0 aliphatic carbocycles. The number of para-hydroxylation sites is 1. The Labute approximate surface area is 112 Å². The van der Waals surface area contributed by atoms with E-state index in [0.717, 1.165) is 11.3 Å². The molecule has 19 heavy (non-hydrogen) atoms. The van der Waals surface area contributed by atoms with Gasteiger partial charge in [-0.3, -0.25) is 0 Å². The first-order chi connectivity index (χ1) is 9.24. The number of ether oxygens (including phenoxy) is 1. The first kappa shape index (κ1) is 12.2. The van der Waals surface area contributed by atoms with Crippen LogP contribution in [0.2, 0.25) is 0 Å². The van der Waals surface area contributed by atoms with Gasteiger partial charge in [-0.2, -0.15) is 0 Å². The van der Waals surface area contributed by atoms with Gasteiger partial charge < -0.3 is 10.1 Å². The Hall–Kier alpha value is -1.87. The summed E-state index contributed by atoms with van der Waals surface area (Å²) in [7, 11) is 0. The Balaban J connectivity index is 1.74. The summed E-state index contributed by atoms with van der Waals surface area (Å²) < 4.78 is 18.6. The van der Waals surface area contributed by atoms with Gasteiger partial charge in [-0.05, 0) is 30.7 Å². The zero-order valence-electron chi connectivity index (χ0n) is 10.8. The van der Waals surface area contributed by atoms with E-state index in [9.17, 15) is 4.39 Å². The molecule has 1 aliphatic rings. The lowest BCUT2D eigenvalue weighted by atomic mass is 10.0. The van der Waals surface area contributed by atoms with Crippen LogP contribution < -0.4 is 10.1 Å². The van der Waals surface area contributed by atoms with Crippen molar-refractivity contribution in [2.75, 3.05) is 6.61 Å². The minimum Gasteiger partial charge on any atom is -0.491 e. The average Bonchev–Trinajstić information content (AvgIpc) is 2.83. The fourth-order valence-corrected chi connectivity index (χ4v) is 2.45. The summed E-state index contributed by atoms with van der Waals surface area (Å²) in [6.45, 7) is 2.72. The van der Waals surface area contributed by atoms with Crippen LogP contribution in [0.3, 0.4) is 0 Å². The minimum atomic E-state index is -0.203. The average molecular weight is 257 g/mol. The molecule has 0 amide bonds. The molecule has 2 nitrogen and oxygen atoms in total. The summed E-state index contributed by atoms with van der Waals surface area (Å²) in [5.74, 6) is 0.747. The summed E-state index contributed by atoms with van der Waals surface area (Å²) in [5, 5.41) is 3.52. The molecular weight excluding hydrogens is 241 g/mol. The van der Waals surface area contributed by atoms with E-state index < -0.39 is 0 Å². The third-order valence-corrected chi connectivity index (χ3v) is 3.52. The Morgan fingerprint density at radius 3 is 2.68 bits per heavy atom. The summed E-state index contributed by atoms with van der Waals surface area (Å²) in [4.78, 5) is 0. The lowest BCUT2D eigenvalue weighted by molar-refractivity contribution is 0.301. The van der Waals surface area contributed by atoms with Crippen LogP contribution in [0.4, 0.5) is 4.39 Å². The molecule has 1 heterocycles. The van der Waals surface area contributed by atoms with Crippen molar-refractivity contribution in [2.24, 2.45) is 0 Å². The molecule has 0 bridgehead atoms. The summed E-state index contributed by atoms with van der Waals surface area (Å²) in [6, 6.07) is 15.0. The maximum atomic E-state index is 12.9. The predicted molar refractivity (Wildman–Crippen MR) is 72.6 cm³/mol. The molecule has 0 spiro atoms. The standard InChI is InChI=1S/C16H16FNO/c1-11(12-6-8-13(17)9-7-12)18-15-10-19-16-5-3-2-4-14(15)16/h2-9,11,15,18H,10H2,1H3. The molecule has 0 saturated carbocycles. The molecule has 1 N–H and O–H groups in total. The van der Waals surface area contributed by atoms with E-state index in [0.29, 0.717) is 6.61 Å². The number of rotatable bonds is 3. The van der Waals surface area contributed by atoms with Crippen LogP contribution in [-0.2, 0) is 0 Å². The Bertz CT molecular complexity index is 567. The van der Waals surface area contributed by atoms with Gasteiger partial charge in [0.05, 0.1) is 6.04 Å². The van der Waals surface area contributed by atoms with Gasteiger partial charge in [0.15, 0.2) is 0 Å². The topological polar surface area (TPSA) is 21.3 Å². The van der Waals surface area contributed by atoms with Crippen LogP contribution in [0.5, 0.6) is 5.75 Å². The molecule has 1 aliphatic heterocycles. The second kappa shape index (κ2) is 5.02. The van der Waals surface area contributed by atoms with Crippen molar-refractivity contribution in [2.45, 2.75) is 19.0 Å². The largest absolute Gasteiger partial charge is 0.491 e. The number of hydrogen-bond acceptors (Lipinski definition) is 2. The van der Waals surface area contributed by atoms with Crippen LogP contribution in [-0.4, -0.2) is 6.61 Å². The van der Waals surface area contributed by atoms with Gasteiger partial charge in [0, 0.05) is 11.6 Å². The van der Waals surface area contributed by atoms with E-state index in [1.807, 2.05) is 30.3 Å². The first-order valence-corrected chi connectivity index (χ1v) is 6.47. The molecule has 3 rings (SSSR count).